The van der Waals surface area contributed by atoms with Crippen molar-refractivity contribution in [3.63, 3.8) is 0 Å². The number of fused-ring (bicyclic) bond motifs is 1. The van der Waals surface area contributed by atoms with E-state index in [1.807, 2.05) is 36.4 Å². The Hall–Kier alpha value is -1.40. The molecule has 1 aliphatic heterocycles. The fourth-order valence-electron chi connectivity index (χ4n) is 2.62. The van der Waals surface area contributed by atoms with E-state index in [1.165, 1.54) is 11.1 Å². The number of rotatable bonds is 6. The average Bonchev–Trinajstić information content (AvgIpc) is 3.00. The number of halogens is 1. The molecule has 2 aromatic carbocycles. The summed E-state index contributed by atoms with van der Waals surface area (Å²) in [5.74, 6) is 0.115. The summed E-state index contributed by atoms with van der Waals surface area (Å²) in [6.07, 6.45) is 0.532. The highest BCUT2D eigenvalue weighted by Gasteiger charge is 2.13. The minimum Gasteiger partial charge on any atom is -0.309 e. The van der Waals surface area contributed by atoms with Crippen LogP contribution in [0.2, 0.25) is 0 Å². The van der Waals surface area contributed by atoms with Gasteiger partial charge in [0, 0.05) is 19.6 Å². The van der Waals surface area contributed by atoms with Gasteiger partial charge in [-0.1, -0.05) is 48.5 Å². The molecule has 0 bridgehead atoms. The van der Waals surface area contributed by atoms with E-state index in [0.717, 1.165) is 24.2 Å². The number of sulfonamides is 1. The van der Waals surface area contributed by atoms with Crippen LogP contribution in [0.5, 0.6) is 0 Å². The lowest BCUT2D eigenvalue weighted by molar-refractivity contribution is 0.580. The zero-order valence-corrected chi connectivity index (χ0v) is 14.4. The van der Waals surface area contributed by atoms with Gasteiger partial charge < -0.3 is 5.32 Å². The first-order chi connectivity index (χ1) is 10.6. The Morgan fingerprint density at radius 1 is 0.957 bits per heavy atom. The third-order valence-corrected chi connectivity index (χ3v) is 5.23. The lowest BCUT2D eigenvalue weighted by Gasteiger charge is -2.08. The monoisotopic (exact) mass is 352 g/mol. The number of hydrogen-bond donors (Lipinski definition) is 2. The fraction of sp³-hybridized carbons (Fsp3) is 0.294. The third-order valence-electron chi connectivity index (χ3n) is 3.90. The van der Waals surface area contributed by atoms with Crippen molar-refractivity contribution in [2.45, 2.75) is 26.1 Å². The van der Waals surface area contributed by atoms with Crippen molar-refractivity contribution in [3.8, 4) is 0 Å². The smallest absolute Gasteiger partial charge is 0.212 e. The van der Waals surface area contributed by atoms with Crippen LogP contribution in [-0.2, 0) is 36.1 Å². The summed E-state index contributed by atoms with van der Waals surface area (Å²) in [6.45, 7) is 2.12. The Labute approximate surface area is 143 Å². The van der Waals surface area contributed by atoms with Gasteiger partial charge in [0.1, 0.15) is 0 Å². The van der Waals surface area contributed by atoms with Crippen LogP contribution in [0.4, 0.5) is 0 Å². The van der Waals surface area contributed by atoms with Gasteiger partial charge in [-0.2, -0.15) is 0 Å². The molecule has 23 heavy (non-hydrogen) atoms. The minimum absolute atomic E-state index is 0. The molecule has 0 spiro atoms. The number of nitrogens with one attached hydrogen (secondary N) is 2. The third kappa shape index (κ3) is 5.04. The minimum atomic E-state index is -3.26. The lowest BCUT2D eigenvalue weighted by Crippen LogP contribution is -2.26. The first-order valence-corrected chi connectivity index (χ1v) is 9.10. The van der Waals surface area contributed by atoms with Gasteiger partial charge in [-0.25, -0.2) is 13.1 Å². The molecule has 4 nitrogen and oxygen atoms in total. The van der Waals surface area contributed by atoms with Gasteiger partial charge in [-0.3, -0.25) is 0 Å². The highest BCUT2D eigenvalue weighted by molar-refractivity contribution is 7.89. The van der Waals surface area contributed by atoms with E-state index in [0.29, 0.717) is 13.0 Å². The molecular formula is C17H21ClN2O2S. The van der Waals surface area contributed by atoms with E-state index in [4.69, 9.17) is 0 Å². The molecule has 0 aliphatic carbocycles. The van der Waals surface area contributed by atoms with Gasteiger partial charge in [-0.15, -0.1) is 12.4 Å². The zero-order valence-electron chi connectivity index (χ0n) is 12.8. The summed E-state index contributed by atoms with van der Waals surface area (Å²) in [5, 5.41) is 3.29. The summed E-state index contributed by atoms with van der Waals surface area (Å²) in [6, 6.07) is 15.8. The van der Waals surface area contributed by atoms with Crippen LogP contribution in [0.3, 0.4) is 0 Å². The van der Waals surface area contributed by atoms with Crippen molar-refractivity contribution < 1.29 is 8.42 Å². The van der Waals surface area contributed by atoms with E-state index in [2.05, 4.69) is 22.2 Å². The quantitative estimate of drug-likeness (QED) is 0.839. The van der Waals surface area contributed by atoms with Gasteiger partial charge in [0.25, 0.3) is 0 Å². The predicted octanol–water partition coefficient (Wildman–Crippen LogP) is 2.37. The molecule has 2 N–H and O–H groups in total. The second-order valence-electron chi connectivity index (χ2n) is 5.58. The van der Waals surface area contributed by atoms with Crippen LogP contribution in [-0.4, -0.2) is 14.2 Å². The van der Waals surface area contributed by atoms with Crippen molar-refractivity contribution in [1.82, 2.24) is 10.0 Å². The molecule has 0 unspecified atom stereocenters. The normalized spacial score (nSPS) is 13.4. The highest BCUT2D eigenvalue weighted by Crippen LogP contribution is 2.17. The summed E-state index contributed by atoms with van der Waals surface area (Å²) in [4.78, 5) is 0. The molecule has 0 radical (unpaired) electrons. The molecule has 3 rings (SSSR count). The standard InChI is InChI=1S/C17H20N2O2S.ClH/c20-22(21,9-8-14-4-2-1-3-5-14)19-11-15-6-7-16-12-18-13-17(16)10-15;/h1-7,10,18-19H,8-9,11-13H2;1H. The van der Waals surface area contributed by atoms with Crippen molar-refractivity contribution >= 4 is 22.4 Å². The second kappa shape index (κ2) is 7.93. The first kappa shape index (κ1) is 17.9. The van der Waals surface area contributed by atoms with Crippen LogP contribution in [0.15, 0.2) is 48.5 Å². The summed E-state index contributed by atoms with van der Waals surface area (Å²) < 4.78 is 26.9. The van der Waals surface area contributed by atoms with E-state index < -0.39 is 10.0 Å². The molecule has 0 fully saturated rings. The van der Waals surface area contributed by atoms with Gasteiger partial charge in [0.05, 0.1) is 5.75 Å². The molecule has 2 aromatic rings. The van der Waals surface area contributed by atoms with Crippen molar-refractivity contribution in [2.24, 2.45) is 0 Å². The van der Waals surface area contributed by atoms with Gasteiger partial charge in [0.15, 0.2) is 0 Å². The van der Waals surface area contributed by atoms with Gasteiger partial charge in [0.2, 0.25) is 10.0 Å². The van der Waals surface area contributed by atoms with E-state index in [9.17, 15) is 8.42 Å². The molecule has 6 heteroatoms. The van der Waals surface area contributed by atoms with Crippen LogP contribution < -0.4 is 10.0 Å². The molecule has 1 aliphatic rings. The van der Waals surface area contributed by atoms with Crippen LogP contribution in [0, 0.1) is 0 Å². The van der Waals surface area contributed by atoms with E-state index in [-0.39, 0.29) is 18.2 Å². The van der Waals surface area contributed by atoms with Crippen molar-refractivity contribution in [3.05, 3.63) is 70.8 Å². The lowest BCUT2D eigenvalue weighted by atomic mass is 10.1. The SMILES string of the molecule is Cl.O=S(=O)(CCc1ccccc1)NCc1ccc2c(c1)CNC2. The maximum Gasteiger partial charge on any atom is 0.212 e. The van der Waals surface area contributed by atoms with E-state index in [1.54, 1.807) is 0 Å². The largest absolute Gasteiger partial charge is 0.309 e. The summed E-state index contributed by atoms with van der Waals surface area (Å²) in [5.41, 5.74) is 4.61. The average molecular weight is 353 g/mol. The summed E-state index contributed by atoms with van der Waals surface area (Å²) in [7, 11) is -3.26. The highest BCUT2D eigenvalue weighted by atomic mass is 35.5. The maximum absolute atomic E-state index is 12.1. The molecule has 0 atom stereocenters. The predicted molar refractivity (Wildman–Crippen MR) is 95.0 cm³/mol. The Balaban J connectivity index is 0.00000192. The van der Waals surface area contributed by atoms with Gasteiger partial charge >= 0.3 is 0 Å². The Kier molecular flexibility index (Phi) is 6.18. The Morgan fingerprint density at radius 2 is 1.70 bits per heavy atom. The Bertz CT molecular complexity index is 748. The fourth-order valence-corrected chi connectivity index (χ4v) is 3.66. The summed E-state index contributed by atoms with van der Waals surface area (Å²) >= 11 is 0. The topological polar surface area (TPSA) is 58.2 Å². The van der Waals surface area contributed by atoms with Crippen molar-refractivity contribution in [1.29, 1.82) is 0 Å². The zero-order chi connectivity index (χ0) is 15.4. The first-order valence-electron chi connectivity index (χ1n) is 7.45. The maximum atomic E-state index is 12.1. The number of benzene rings is 2. The van der Waals surface area contributed by atoms with E-state index >= 15 is 0 Å². The molecule has 0 saturated heterocycles. The molecule has 0 aromatic heterocycles. The molecule has 124 valence electrons. The molecule has 0 saturated carbocycles. The number of aryl methyl sites for hydroxylation is 1. The van der Waals surface area contributed by atoms with Crippen LogP contribution in [0.1, 0.15) is 22.3 Å². The van der Waals surface area contributed by atoms with Crippen LogP contribution in [0.25, 0.3) is 0 Å². The van der Waals surface area contributed by atoms with Gasteiger partial charge in [-0.05, 0) is 28.7 Å². The second-order valence-corrected chi connectivity index (χ2v) is 7.51. The molecule has 0 amide bonds. The molecular weight excluding hydrogens is 332 g/mol. The Morgan fingerprint density at radius 3 is 2.48 bits per heavy atom. The molecule has 1 heterocycles. The number of hydrogen-bond acceptors (Lipinski definition) is 3. The van der Waals surface area contributed by atoms with Crippen LogP contribution >= 0.6 is 12.4 Å². The van der Waals surface area contributed by atoms with Crippen molar-refractivity contribution in [2.75, 3.05) is 5.75 Å².